The molecular weight excluding hydrogens is 490 g/mol. The molecule has 0 aliphatic carbocycles. The molecule has 4 heterocycles. The van der Waals surface area contributed by atoms with E-state index >= 15 is 0 Å². The Labute approximate surface area is 218 Å². The second-order valence-corrected chi connectivity index (χ2v) is 9.40. The number of fused-ring (bicyclic) bond motifs is 3. The molecule has 1 saturated heterocycles. The van der Waals surface area contributed by atoms with Crippen LogP contribution in [0.1, 0.15) is 24.3 Å². The van der Waals surface area contributed by atoms with Gasteiger partial charge in [0.05, 0.1) is 19.2 Å². The average molecular weight is 516 g/mol. The van der Waals surface area contributed by atoms with Gasteiger partial charge in [-0.2, -0.15) is 4.98 Å². The van der Waals surface area contributed by atoms with Gasteiger partial charge < -0.3 is 20.1 Å². The smallest absolute Gasteiger partial charge is 0.229 e. The van der Waals surface area contributed by atoms with E-state index in [0.717, 1.165) is 29.7 Å². The molecule has 37 heavy (non-hydrogen) atoms. The second-order valence-electron chi connectivity index (χ2n) is 9.02. The molecule has 0 saturated carbocycles. The van der Waals surface area contributed by atoms with E-state index in [1.807, 2.05) is 16.5 Å². The van der Waals surface area contributed by atoms with Crippen molar-refractivity contribution in [3.63, 3.8) is 0 Å². The SMILES string of the molecule is COc1cc(OC)c(Cl)c(-c2cc3cnc(Nc4ccc(C5CCNCC5)cc4)nc3n3cnnc23)c1. The predicted octanol–water partition coefficient (Wildman–Crippen LogP) is 5.22. The molecule has 5 aromatic rings. The topological polar surface area (TPSA) is 98.5 Å². The fourth-order valence-corrected chi connectivity index (χ4v) is 5.18. The summed E-state index contributed by atoms with van der Waals surface area (Å²) in [5.74, 6) is 2.24. The van der Waals surface area contributed by atoms with Crippen molar-refractivity contribution < 1.29 is 9.47 Å². The molecule has 9 nitrogen and oxygen atoms in total. The van der Waals surface area contributed by atoms with Gasteiger partial charge in [0.2, 0.25) is 5.95 Å². The van der Waals surface area contributed by atoms with E-state index in [1.165, 1.54) is 18.4 Å². The summed E-state index contributed by atoms with van der Waals surface area (Å²) in [6.07, 6.45) is 5.76. The van der Waals surface area contributed by atoms with E-state index in [0.29, 0.717) is 45.2 Å². The number of aromatic nitrogens is 5. The summed E-state index contributed by atoms with van der Waals surface area (Å²) in [5, 5.41) is 16.5. The minimum Gasteiger partial charge on any atom is -0.497 e. The molecule has 0 unspecified atom stereocenters. The van der Waals surface area contributed by atoms with Gasteiger partial charge in [0.25, 0.3) is 0 Å². The molecule has 0 amide bonds. The van der Waals surface area contributed by atoms with E-state index in [4.69, 9.17) is 26.1 Å². The lowest BCUT2D eigenvalue weighted by Gasteiger charge is -2.23. The minimum atomic E-state index is 0.458. The van der Waals surface area contributed by atoms with Gasteiger partial charge in [-0.05, 0) is 61.7 Å². The van der Waals surface area contributed by atoms with Gasteiger partial charge in [0.15, 0.2) is 11.3 Å². The minimum absolute atomic E-state index is 0.458. The Bertz CT molecular complexity index is 1580. The first-order chi connectivity index (χ1) is 18.1. The molecule has 0 bridgehead atoms. The van der Waals surface area contributed by atoms with Crippen molar-refractivity contribution in [1.82, 2.24) is 29.9 Å². The Kier molecular flexibility index (Phi) is 6.23. The Morgan fingerprint density at radius 2 is 1.81 bits per heavy atom. The number of ether oxygens (including phenoxy) is 2. The van der Waals surface area contributed by atoms with Crippen LogP contribution in [0.4, 0.5) is 11.6 Å². The number of piperidine rings is 1. The van der Waals surface area contributed by atoms with Gasteiger partial charge in [-0.25, -0.2) is 4.98 Å². The van der Waals surface area contributed by atoms with Gasteiger partial charge in [-0.1, -0.05) is 23.7 Å². The van der Waals surface area contributed by atoms with Crippen LogP contribution < -0.4 is 20.1 Å². The molecule has 1 aliphatic rings. The first-order valence-electron chi connectivity index (χ1n) is 12.1. The number of anilines is 2. The van der Waals surface area contributed by atoms with Crippen LogP contribution in [-0.2, 0) is 0 Å². The molecule has 0 radical (unpaired) electrons. The highest BCUT2D eigenvalue weighted by atomic mass is 35.5. The molecule has 0 atom stereocenters. The highest BCUT2D eigenvalue weighted by molar-refractivity contribution is 6.35. The van der Waals surface area contributed by atoms with Crippen LogP contribution in [0, 0.1) is 0 Å². The standard InChI is InChI=1S/C27H26ClN7O2/c1-36-20-12-21(24(28)23(13-20)37-2)22-11-18-14-30-27(33-25(18)35-15-31-34-26(22)35)32-19-5-3-16(4-6-19)17-7-9-29-10-8-17/h3-6,11-15,17,29H,7-10H2,1-2H3,(H,30,32,33). The zero-order chi connectivity index (χ0) is 25.4. The van der Waals surface area contributed by atoms with Crippen LogP contribution in [0.25, 0.3) is 27.8 Å². The third-order valence-corrected chi connectivity index (χ3v) is 7.24. The number of rotatable bonds is 6. The average Bonchev–Trinajstić information content (AvgIpc) is 3.44. The van der Waals surface area contributed by atoms with E-state index in [9.17, 15) is 0 Å². The molecule has 1 aliphatic heterocycles. The van der Waals surface area contributed by atoms with Gasteiger partial charge in [-0.3, -0.25) is 4.40 Å². The number of methoxy groups -OCH3 is 2. The van der Waals surface area contributed by atoms with E-state index in [-0.39, 0.29) is 0 Å². The summed E-state index contributed by atoms with van der Waals surface area (Å²) in [5.41, 5.74) is 5.08. The monoisotopic (exact) mass is 515 g/mol. The van der Waals surface area contributed by atoms with Crippen LogP contribution in [0.5, 0.6) is 11.5 Å². The lowest BCUT2D eigenvalue weighted by Crippen LogP contribution is -2.26. The molecule has 1 fully saturated rings. The molecule has 3 aromatic heterocycles. The van der Waals surface area contributed by atoms with Gasteiger partial charge in [-0.15, -0.1) is 10.2 Å². The normalized spacial score (nSPS) is 14.2. The highest BCUT2D eigenvalue weighted by Crippen LogP contribution is 2.41. The predicted molar refractivity (Wildman–Crippen MR) is 144 cm³/mol. The summed E-state index contributed by atoms with van der Waals surface area (Å²) in [7, 11) is 3.17. The number of nitrogens with zero attached hydrogens (tertiary/aromatic N) is 5. The largest absolute Gasteiger partial charge is 0.497 e. The van der Waals surface area contributed by atoms with Crippen LogP contribution >= 0.6 is 11.6 Å². The maximum Gasteiger partial charge on any atom is 0.229 e. The molecule has 6 rings (SSSR count). The lowest BCUT2D eigenvalue weighted by molar-refractivity contribution is 0.395. The molecule has 0 spiro atoms. The third kappa shape index (κ3) is 4.41. The first kappa shape index (κ1) is 23.4. The van der Waals surface area contributed by atoms with Crippen molar-refractivity contribution in [3.05, 3.63) is 65.6 Å². The van der Waals surface area contributed by atoms with Crippen molar-refractivity contribution in [1.29, 1.82) is 0 Å². The molecule has 2 N–H and O–H groups in total. The molecular formula is C27H26ClN7O2. The first-order valence-corrected chi connectivity index (χ1v) is 12.5. The van der Waals surface area contributed by atoms with Crippen molar-refractivity contribution >= 4 is 39.9 Å². The van der Waals surface area contributed by atoms with Crippen LogP contribution in [-0.4, -0.2) is 51.9 Å². The van der Waals surface area contributed by atoms with Crippen molar-refractivity contribution in [2.75, 3.05) is 32.6 Å². The molecule has 2 aromatic carbocycles. The summed E-state index contributed by atoms with van der Waals surface area (Å²) in [4.78, 5) is 9.34. The summed E-state index contributed by atoms with van der Waals surface area (Å²) >= 11 is 6.68. The van der Waals surface area contributed by atoms with Crippen LogP contribution in [0.2, 0.25) is 5.02 Å². The van der Waals surface area contributed by atoms with Crippen LogP contribution in [0.15, 0.2) is 55.0 Å². The molecule has 10 heteroatoms. The number of hydrogen-bond acceptors (Lipinski definition) is 8. The third-order valence-electron chi connectivity index (χ3n) is 6.85. The van der Waals surface area contributed by atoms with Crippen molar-refractivity contribution in [2.45, 2.75) is 18.8 Å². The Balaban J connectivity index is 1.36. The number of nitrogens with one attached hydrogen (secondary N) is 2. The Morgan fingerprint density at radius 1 is 1.00 bits per heavy atom. The van der Waals surface area contributed by atoms with Crippen molar-refractivity contribution in [3.8, 4) is 22.6 Å². The van der Waals surface area contributed by atoms with Gasteiger partial charge in [0.1, 0.15) is 17.8 Å². The van der Waals surface area contributed by atoms with Gasteiger partial charge >= 0.3 is 0 Å². The lowest BCUT2D eigenvalue weighted by atomic mass is 9.90. The zero-order valence-corrected chi connectivity index (χ0v) is 21.3. The summed E-state index contributed by atoms with van der Waals surface area (Å²) in [6.45, 7) is 2.15. The van der Waals surface area contributed by atoms with E-state index in [1.54, 1.807) is 32.8 Å². The maximum atomic E-state index is 6.68. The van der Waals surface area contributed by atoms with E-state index < -0.39 is 0 Å². The van der Waals surface area contributed by atoms with Gasteiger partial charge in [0, 0.05) is 34.5 Å². The summed E-state index contributed by atoms with van der Waals surface area (Å²) < 4.78 is 12.7. The summed E-state index contributed by atoms with van der Waals surface area (Å²) in [6, 6.07) is 14.1. The maximum absolute atomic E-state index is 6.68. The number of halogens is 1. The highest BCUT2D eigenvalue weighted by Gasteiger charge is 2.19. The Hall–Kier alpha value is -3.95. The fourth-order valence-electron chi connectivity index (χ4n) is 4.89. The number of hydrogen-bond donors (Lipinski definition) is 2. The number of benzene rings is 2. The molecule has 188 valence electrons. The fraction of sp³-hybridized carbons (Fsp3) is 0.259. The second kappa shape index (κ2) is 9.84. The zero-order valence-electron chi connectivity index (χ0n) is 20.5. The van der Waals surface area contributed by atoms with E-state index in [2.05, 4.69) is 50.1 Å². The Morgan fingerprint density at radius 3 is 2.57 bits per heavy atom. The number of pyridine rings is 1. The quantitative estimate of drug-likeness (QED) is 0.317. The van der Waals surface area contributed by atoms with Crippen molar-refractivity contribution in [2.24, 2.45) is 0 Å². The van der Waals surface area contributed by atoms with Crippen LogP contribution in [0.3, 0.4) is 0 Å².